The third kappa shape index (κ3) is 4.70. The monoisotopic (exact) mass is 643 g/mol. The van der Waals surface area contributed by atoms with Crippen molar-refractivity contribution in [3.05, 3.63) is 176 Å². The summed E-state index contributed by atoms with van der Waals surface area (Å²) in [5.41, 5.74) is 9.95. The molecular weight excluding hydrogens is 615 g/mol. The highest BCUT2D eigenvalue weighted by Crippen LogP contribution is 2.42. The van der Waals surface area contributed by atoms with Crippen molar-refractivity contribution in [1.82, 2.24) is 0 Å². The molecule has 0 N–H and O–H groups in total. The molecule has 0 amide bonds. The number of thiophene rings is 1. The van der Waals surface area contributed by atoms with Gasteiger partial charge in [0.2, 0.25) is 0 Å². The molecule has 0 aliphatic heterocycles. The zero-order chi connectivity index (χ0) is 32.3. The lowest BCUT2D eigenvalue weighted by Gasteiger charge is -2.26. The molecule has 0 atom stereocenters. The maximum atomic E-state index is 6.28. The minimum Gasteiger partial charge on any atom is -0.456 e. The molecular formula is C46H29NOS. The van der Waals surface area contributed by atoms with E-state index in [9.17, 15) is 0 Å². The number of furan rings is 1. The van der Waals surface area contributed by atoms with Gasteiger partial charge >= 0.3 is 0 Å². The first kappa shape index (κ1) is 27.9. The molecule has 0 fully saturated rings. The minimum atomic E-state index is 0.911. The number of fused-ring (bicyclic) bond motifs is 8. The first-order valence-electron chi connectivity index (χ1n) is 16.6. The number of anilines is 3. The first-order chi connectivity index (χ1) is 24.3. The molecule has 49 heavy (non-hydrogen) atoms. The van der Waals surface area contributed by atoms with E-state index in [-0.39, 0.29) is 0 Å². The fraction of sp³-hybridized carbons (Fsp3) is 0. The summed E-state index contributed by atoms with van der Waals surface area (Å²) in [7, 11) is 0. The fourth-order valence-electron chi connectivity index (χ4n) is 7.26. The van der Waals surface area contributed by atoms with Crippen LogP contribution in [0.15, 0.2) is 180 Å². The molecule has 0 aliphatic carbocycles. The Morgan fingerprint density at radius 3 is 1.76 bits per heavy atom. The molecule has 0 aliphatic rings. The quantitative estimate of drug-likeness (QED) is 0.186. The third-order valence-electron chi connectivity index (χ3n) is 9.67. The fourth-order valence-corrected chi connectivity index (χ4v) is 8.40. The van der Waals surface area contributed by atoms with E-state index in [1.54, 1.807) is 0 Å². The molecule has 0 unspecified atom stereocenters. The number of hydrogen-bond acceptors (Lipinski definition) is 3. The summed E-state index contributed by atoms with van der Waals surface area (Å²) in [6.45, 7) is 0. The molecule has 2 heterocycles. The van der Waals surface area contributed by atoms with Gasteiger partial charge in [0.1, 0.15) is 11.2 Å². The molecule has 0 saturated carbocycles. The second-order valence-corrected chi connectivity index (χ2v) is 13.6. The van der Waals surface area contributed by atoms with Crippen LogP contribution >= 0.6 is 11.3 Å². The van der Waals surface area contributed by atoms with E-state index in [1.807, 2.05) is 11.3 Å². The van der Waals surface area contributed by atoms with E-state index in [0.29, 0.717) is 0 Å². The molecule has 0 radical (unpaired) electrons. The summed E-state index contributed by atoms with van der Waals surface area (Å²) in [6, 6.07) is 63.3. The predicted octanol–water partition coefficient (Wildman–Crippen LogP) is 13.9. The molecule has 0 bridgehead atoms. The lowest BCUT2D eigenvalue weighted by atomic mass is 9.99. The predicted molar refractivity (Wildman–Crippen MR) is 210 cm³/mol. The standard InChI is InChI=1S/C46H29NOS/c1-2-8-30(9-3-1)31-14-20-35(21-15-31)47(37-24-25-40-39-12-6-7-13-44(39)49-45(40)29-37)36-22-16-32(17-23-36)34-19-26-42-41(28-34)46-38-11-5-4-10-33(38)18-27-43(46)48-42/h1-29H. The summed E-state index contributed by atoms with van der Waals surface area (Å²) >= 11 is 1.85. The highest BCUT2D eigenvalue weighted by Gasteiger charge is 2.16. The van der Waals surface area contributed by atoms with Crippen LogP contribution in [0.25, 0.3) is 75.1 Å². The topological polar surface area (TPSA) is 16.4 Å². The Labute approximate surface area is 287 Å². The average Bonchev–Trinajstić information content (AvgIpc) is 3.74. The Bertz CT molecular complexity index is 2810. The van der Waals surface area contributed by atoms with E-state index in [4.69, 9.17) is 4.42 Å². The lowest BCUT2D eigenvalue weighted by Crippen LogP contribution is -2.09. The van der Waals surface area contributed by atoms with Gasteiger partial charge in [0.05, 0.1) is 0 Å². The van der Waals surface area contributed by atoms with Crippen molar-refractivity contribution >= 4 is 81.3 Å². The van der Waals surface area contributed by atoms with Gasteiger partial charge in [0.15, 0.2) is 0 Å². The van der Waals surface area contributed by atoms with Gasteiger partial charge in [0.25, 0.3) is 0 Å². The van der Waals surface area contributed by atoms with Gasteiger partial charge in [-0.3, -0.25) is 0 Å². The van der Waals surface area contributed by atoms with E-state index in [1.165, 1.54) is 58.6 Å². The van der Waals surface area contributed by atoms with Crippen LogP contribution in [-0.4, -0.2) is 0 Å². The van der Waals surface area contributed by atoms with E-state index in [0.717, 1.165) is 33.6 Å². The van der Waals surface area contributed by atoms with Crippen molar-refractivity contribution < 1.29 is 4.42 Å². The van der Waals surface area contributed by atoms with Crippen LogP contribution in [0.4, 0.5) is 17.1 Å². The van der Waals surface area contributed by atoms with Gasteiger partial charge in [-0.15, -0.1) is 11.3 Å². The lowest BCUT2D eigenvalue weighted by molar-refractivity contribution is 0.669. The van der Waals surface area contributed by atoms with Crippen LogP contribution in [-0.2, 0) is 0 Å². The van der Waals surface area contributed by atoms with Crippen molar-refractivity contribution in [2.45, 2.75) is 0 Å². The SMILES string of the molecule is c1ccc(-c2ccc(N(c3ccc(-c4ccc5oc6ccc7ccccc7c6c5c4)cc3)c3ccc4c(c3)sc3ccccc34)cc2)cc1. The highest BCUT2D eigenvalue weighted by molar-refractivity contribution is 7.25. The Balaban J connectivity index is 1.08. The van der Waals surface area contributed by atoms with Gasteiger partial charge in [-0.1, -0.05) is 115 Å². The van der Waals surface area contributed by atoms with E-state index >= 15 is 0 Å². The molecule has 3 heteroatoms. The molecule has 2 nitrogen and oxygen atoms in total. The zero-order valence-electron chi connectivity index (χ0n) is 26.5. The zero-order valence-corrected chi connectivity index (χ0v) is 27.3. The maximum absolute atomic E-state index is 6.28. The number of nitrogens with zero attached hydrogens (tertiary/aromatic N) is 1. The normalized spacial score (nSPS) is 11.7. The van der Waals surface area contributed by atoms with Gasteiger partial charge in [-0.2, -0.15) is 0 Å². The summed E-state index contributed by atoms with van der Waals surface area (Å²) < 4.78 is 8.88. The number of benzene rings is 8. The van der Waals surface area contributed by atoms with Crippen molar-refractivity contribution in [1.29, 1.82) is 0 Å². The molecule has 2 aromatic heterocycles. The van der Waals surface area contributed by atoms with Gasteiger partial charge < -0.3 is 9.32 Å². The second kappa shape index (κ2) is 11.2. The molecule has 10 aromatic rings. The van der Waals surface area contributed by atoms with E-state index < -0.39 is 0 Å². The molecule has 10 rings (SSSR count). The highest BCUT2D eigenvalue weighted by atomic mass is 32.1. The molecule has 0 spiro atoms. The van der Waals surface area contributed by atoms with E-state index in [2.05, 4.69) is 181 Å². The van der Waals surface area contributed by atoms with Crippen LogP contribution < -0.4 is 4.90 Å². The molecule has 0 saturated heterocycles. The number of hydrogen-bond donors (Lipinski definition) is 0. The Morgan fingerprint density at radius 2 is 0.959 bits per heavy atom. The number of rotatable bonds is 5. The summed E-state index contributed by atoms with van der Waals surface area (Å²) in [4.78, 5) is 2.36. The largest absolute Gasteiger partial charge is 0.456 e. The van der Waals surface area contributed by atoms with Crippen LogP contribution in [0.2, 0.25) is 0 Å². The average molecular weight is 644 g/mol. The minimum absolute atomic E-state index is 0.911. The maximum Gasteiger partial charge on any atom is 0.136 e. The molecule has 230 valence electrons. The van der Waals surface area contributed by atoms with Crippen molar-refractivity contribution in [2.75, 3.05) is 4.90 Å². The first-order valence-corrected chi connectivity index (χ1v) is 17.4. The second-order valence-electron chi connectivity index (χ2n) is 12.5. The van der Waals surface area contributed by atoms with Gasteiger partial charge in [-0.05, 0) is 93.7 Å². The van der Waals surface area contributed by atoms with Crippen LogP contribution in [0.5, 0.6) is 0 Å². The van der Waals surface area contributed by atoms with Crippen LogP contribution in [0.1, 0.15) is 0 Å². The summed E-state index contributed by atoms with van der Waals surface area (Å²) in [5, 5.41) is 7.37. The smallest absolute Gasteiger partial charge is 0.136 e. The van der Waals surface area contributed by atoms with Crippen molar-refractivity contribution in [3.8, 4) is 22.3 Å². The summed E-state index contributed by atoms with van der Waals surface area (Å²) in [6.07, 6.45) is 0. The Kier molecular flexibility index (Phi) is 6.39. The summed E-state index contributed by atoms with van der Waals surface area (Å²) in [5.74, 6) is 0. The Morgan fingerprint density at radius 1 is 0.367 bits per heavy atom. The third-order valence-corrected chi connectivity index (χ3v) is 10.8. The van der Waals surface area contributed by atoms with Gasteiger partial charge in [-0.25, -0.2) is 0 Å². The van der Waals surface area contributed by atoms with Crippen molar-refractivity contribution in [2.24, 2.45) is 0 Å². The van der Waals surface area contributed by atoms with Gasteiger partial charge in [0, 0.05) is 48.0 Å². The Hall–Kier alpha value is -6.16. The van der Waals surface area contributed by atoms with Crippen LogP contribution in [0.3, 0.4) is 0 Å². The van der Waals surface area contributed by atoms with Crippen molar-refractivity contribution in [3.63, 3.8) is 0 Å². The molecule has 8 aromatic carbocycles. The van der Waals surface area contributed by atoms with Crippen LogP contribution in [0, 0.1) is 0 Å².